The van der Waals surface area contributed by atoms with E-state index in [4.69, 9.17) is 18.8 Å². The first-order valence-electron chi connectivity index (χ1n) is 20.4. The summed E-state index contributed by atoms with van der Waals surface area (Å²) in [6, 6.07) is 33.9. The highest BCUT2D eigenvalue weighted by molar-refractivity contribution is 5.79. The average molecular weight is 765 g/mol. The van der Waals surface area contributed by atoms with Gasteiger partial charge < -0.3 is 19.1 Å². The number of hydrogen-bond acceptors (Lipinski definition) is 9. The van der Waals surface area contributed by atoms with E-state index in [2.05, 4.69) is 133 Å². The van der Waals surface area contributed by atoms with E-state index in [1.807, 2.05) is 12.1 Å². The molecular formula is C47H52N6O4. The summed E-state index contributed by atoms with van der Waals surface area (Å²) in [4.78, 5) is 24.3. The summed E-state index contributed by atoms with van der Waals surface area (Å²) in [6.07, 6.45) is 5.40. The van der Waals surface area contributed by atoms with Crippen LogP contribution in [0.3, 0.4) is 0 Å². The number of hydrogen-bond donors (Lipinski definition) is 1. The Morgan fingerprint density at radius 3 is 1.84 bits per heavy atom. The Kier molecular flexibility index (Phi) is 11.6. The van der Waals surface area contributed by atoms with Gasteiger partial charge in [0, 0.05) is 24.3 Å². The molecule has 10 nitrogen and oxygen atoms in total. The maximum Gasteiger partial charge on any atom is 0.410 e. The number of carbonyl (C=O) groups excluding carboxylic acids is 1. The first-order valence-corrected chi connectivity index (χ1v) is 20.4. The summed E-state index contributed by atoms with van der Waals surface area (Å²) < 4.78 is 17.0. The minimum atomic E-state index is -0.322. The molecule has 294 valence electrons. The highest BCUT2D eigenvalue weighted by Gasteiger charge is 2.37. The normalized spacial score (nSPS) is 18.4. The molecule has 2 fully saturated rings. The van der Waals surface area contributed by atoms with E-state index < -0.39 is 0 Å². The number of nitrogens with zero attached hydrogens (tertiary/aromatic N) is 5. The first-order chi connectivity index (χ1) is 27.8. The van der Waals surface area contributed by atoms with Gasteiger partial charge in [-0.1, -0.05) is 132 Å². The predicted molar refractivity (Wildman–Crippen MR) is 219 cm³/mol. The Morgan fingerprint density at radius 1 is 0.737 bits per heavy atom. The van der Waals surface area contributed by atoms with Crippen LogP contribution in [-0.2, 0) is 17.6 Å². The van der Waals surface area contributed by atoms with Crippen molar-refractivity contribution in [1.29, 1.82) is 0 Å². The van der Waals surface area contributed by atoms with Crippen molar-refractivity contribution in [2.75, 3.05) is 19.7 Å². The Hall–Kier alpha value is -5.61. The van der Waals surface area contributed by atoms with Crippen LogP contribution in [-0.4, -0.2) is 51.0 Å². The average Bonchev–Trinajstić information content (AvgIpc) is 4.08. The molecular weight excluding hydrogens is 713 g/mol. The van der Waals surface area contributed by atoms with E-state index in [0.717, 1.165) is 50.4 Å². The number of aryl methyl sites for hydroxylation is 2. The maximum atomic E-state index is 13.2. The third kappa shape index (κ3) is 8.71. The Labute approximate surface area is 335 Å². The minimum absolute atomic E-state index is 0.0371. The molecule has 4 heterocycles. The van der Waals surface area contributed by atoms with Crippen molar-refractivity contribution in [1.82, 2.24) is 30.5 Å². The SMILES string of the molecule is Cc1ccc(C[C@H](C)c2noc([C@@H]3CCCN3)n2)cc1.Cc1ccc(C[C@H](C)c2noc([C@@H]3CCCN3C(=O)OCC3c4ccccc4-c4ccccc43)n2)cc1. The summed E-state index contributed by atoms with van der Waals surface area (Å²) >= 11 is 0. The molecule has 2 saturated heterocycles. The molecule has 57 heavy (non-hydrogen) atoms. The highest BCUT2D eigenvalue weighted by Crippen LogP contribution is 2.45. The van der Waals surface area contributed by atoms with Gasteiger partial charge >= 0.3 is 6.09 Å². The molecule has 0 spiro atoms. The quantitative estimate of drug-likeness (QED) is 0.145. The van der Waals surface area contributed by atoms with Crippen LogP contribution in [0.1, 0.15) is 126 Å². The molecule has 1 N–H and O–H groups in total. The van der Waals surface area contributed by atoms with E-state index in [1.165, 1.54) is 50.9 Å². The molecule has 0 radical (unpaired) electrons. The van der Waals surface area contributed by atoms with Crippen molar-refractivity contribution < 1.29 is 18.6 Å². The summed E-state index contributed by atoms with van der Waals surface area (Å²) in [5.74, 6) is 3.16. The Balaban J connectivity index is 0.000000192. The first kappa shape index (κ1) is 38.3. The van der Waals surface area contributed by atoms with E-state index >= 15 is 0 Å². The molecule has 9 rings (SSSR count). The largest absolute Gasteiger partial charge is 0.448 e. The highest BCUT2D eigenvalue weighted by atomic mass is 16.6. The monoisotopic (exact) mass is 764 g/mol. The zero-order valence-corrected chi connectivity index (χ0v) is 33.4. The van der Waals surface area contributed by atoms with Gasteiger partial charge in [0.05, 0.1) is 6.04 Å². The number of aromatic nitrogens is 4. The molecule has 0 bridgehead atoms. The number of benzene rings is 4. The van der Waals surface area contributed by atoms with Gasteiger partial charge in [-0.3, -0.25) is 4.90 Å². The fraction of sp³-hybridized carbons (Fsp3) is 0.383. The van der Waals surface area contributed by atoms with Crippen LogP contribution < -0.4 is 5.32 Å². The lowest BCUT2D eigenvalue weighted by atomic mass is 9.98. The van der Waals surface area contributed by atoms with Gasteiger partial charge in [0.1, 0.15) is 12.6 Å². The van der Waals surface area contributed by atoms with Gasteiger partial charge in [0.2, 0.25) is 11.8 Å². The van der Waals surface area contributed by atoms with Gasteiger partial charge in [-0.15, -0.1) is 0 Å². The lowest BCUT2D eigenvalue weighted by Crippen LogP contribution is -2.32. The van der Waals surface area contributed by atoms with Crippen molar-refractivity contribution in [3.05, 3.63) is 154 Å². The number of carbonyl (C=O) groups is 1. The molecule has 10 heteroatoms. The molecule has 1 amide bonds. The van der Waals surface area contributed by atoms with E-state index in [1.54, 1.807) is 4.90 Å². The van der Waals surface area contributed by atoms with Crippen LogP contribution in [0, 0.1) is 13.8 Å². The molecule has 0 unspecified atom stereocenters. The molecule has 6 aromatic rings. The van der Waals surface area contributed by atoms with Crippen molar-refractivity contribution in [3.63, 3.8) is 0 Å². The summed E-state index contributed by atoms with van der Waals surface area (Å²) in [6.45, 7) is 10.4. The van der Waals surface area contributed by atoms with E-state index in [-0.39, 0.29) is 35.9 Å². The van der Waals surface area contributed by atoms with Crippen molar-refractivity contribution in [2.24, 2.45) is 0 Å². The lowest BCUT2D eigenvalue weighted by Gasteiger charge is -2.23. The molecule has 0 saturated carbocycles. The summed E-state index contributed by atoms with van der Waals surface area (Å²) in [5, 5.41) is 11.8. The third-order valence-electron chi connectivity index (χ3n) is 11.6. The molecule has 2 aromatic heterocycles. The number of fused-ring (bicyclic) bond motifs is 3. The second-order valence-electron chi connectivity index (χ2n) is 16.0. The fourth-order valence-corrected chi connectivity index (χ4v) is 8.32. The van der Waals surface area contributed by atoms with Crippen LogP contribution in [0.5, 0.6) is 0 Å². The van der Waals surface area contributed by atoms with Crippen LogP contribution in [0.25, 0.3) is 11.1 Å². The number of nitrogens with one attached hydrogen (secondary N) is 1. The number of rotatable bonds is 10. The van der Waals surface area contributed by atoms with Crippen molar-refractivity contribution in [2.45, 2.75) is 96.1 Å². The third-order valence-corrected chi connectivity index (χ3v) is 11.6. The lowest BCUT2D eigenvalue weighted by molar-refractivity contribution is 0.0899. The van der Waals surface area contributed by atoms with Gasteiger partial charge in [0.25, 0.3) is 0 Å². The Bertz CT molecular complexity index is 2210. The van der Waals surface area contributed by atoms with Crippen molar-refractivity contribution >= 4 is 6.09 Å². The predicted octanol–water partition coefficient (Wildman–Crippen LogP) is 9.96. The van der Waals surface area contributed by atoms with Gasteiger partial charge in [-0.25, -0.2) is 4.79 Å². The zero-order valence-electron chi connectivity index (χ0n) is 33.4. The fourth-order valence-electron chi connectivity index (χ4n) is 8.32. The molecule has 4 aromatic carbocycles. The van der Waals surface area contributed by atoms with Crippen molar-refractivity contribution in [3.8, 4) is 11.1 Å². The van der Waals surface area contributed by atoms with Crippen LogP contribution in [0.4, 0.5) is 4.79 Å². The number of ether oxygens (including phenoxy) is 1. The van der Waals surface area contributed by atoms with Gasteiger partial charge in [-0.2, -0.15) is 9.97 Å². The number of likely N-dealkylation sites (tertiary alicyclic amines) is 1. The number of amides is 1. The van der Waals surface area contributed by atoms with Crippen LogP contribution in [0.15, 0.2) is 106 Å². The standard InChI is InChI=1S/C31H31N3O3.C16H21N3O/c1-20-13-15-22(16-14-20)18-21(2)29-32-30(37-33-29)28-12-7-17-34(28)31(35)36-19-27-25-10-5-3-8-23(25)24-9-4-6-11-26(24)27;1-11-5-7-13(8-6-11)10-12(2)15-18-16(20-19-15)14-4-3-9-17-14/h3-6,8-11,13-16,21,27-28H,7,12,17-19H2,1-2H3;5-8,12,14,17H,3-4,9-10H2,1-2H3/t21-,28-;12-,14-/m00/s1. The van der Waals surface area contributed by atoms with E-state index in [0.29, 0.717) is 24.9 Å². The topological polar surface area (TPSA) is 119 Å². The molecule has 4 atom stereocenters. The second-order valence-corrected chi connectivity index (χ2v) is 16.0. The van der Waals surface area contributed by atoms with Crippen LogP contribution >= 0.6 is 0 Å². The van der Waals surface area contributed by atoms with E-state index in [9.17, 15) is 4.79 Å². The smallest absolute Gasteiger partial charge is 0.410 e. The summed E-state index contributed by atoms with van der Waals surface area (Å²) in [5.41, 5.74) is 9.94. The van der Waals surface area contributed by atoms with Gasteiger partial charge in [-0.05, 0) is 92.3 Å². The maximum absolute atomic E-state index is 13.2. The molecule has 3 aliphatic rings. The zero-order chi connectivity index (χ0) is 39.3. The minimum Gasteiger partial charge on any atom is -0.448 e. The molecule has 2 aliphatic heterocycles. The van der Waals surface area contributed by atoms with Crippen LogP contribution in [0.2, 0.25) is 0 Å². The summed E-state index contributed by atoms with van der Waals surface area (Å²) in [7, 11) is 0. The van der Waals surface area contributed by atoms with Gasteiger partial charge in [0.15, 0.2) is 11.6 Å². The Morgan fingerprint density at radius 2 is 1.28 bits per heavy atom. The second kappa shape index (κ2) is 17.3. The molecule has 1 aliphatic carbocycles.